The molecule has 0 saturated carbocycles. The maximum atomic E-state index is 11.9. The Bertz CT molecular complexity index is 484. The Kier molecular flexibility index (Phi) is 2.93. The highest BCUT2D eigenvalue weighted by Gasteiger charge is 2.16. The van der Waals surface area contributed by atoms with Crippen LogP contribution in [-0.4, -0.2) is 5.78 Å². The molecule has 0 spiro atoms. The third-order valence-corrected chi connectivity index (χ3v) is 3.27. The van der Waals surface area contributed by atoms with E-state index in [9.17, 15) is 4.79 Å². The van der Waals surface area contributed by atoms with Crippen LogP contribution in [0.1, 0.15) is 28.8 Å². The number of ketones is 1. The largest absolute Gasteiger partial charge is 0.458 e. The van der Waals surface area contributed by atoms with Crippen LogP contribution in [0.2, 0.25) is 4.34 Å². The minimum absolute atomic E-state index is 0.152. The van der Waals surface area contributed by atoms with Gasteiger partial charge in [-0.2, -0.15) is 0 Å². The molecule has 0 aliphatic heterocycles. The van der Waals surface area contributed by atoms with Crippen LogP contribution in [-0.2, 0) is 6.42 Å². The number of carbonyl (C=O) groups is 1. The van der Waals surface area contributed by atoms with Crippen LogP contribution in [0.15, 0.2) is 28.0 Å². The van der Waals surface area contributed by atoms with E-state index in [0.29, 0.717) is 15.7 Å². The second kappa shape index (κ2) is 4.21. The Labute approximate surface area is 96.5 Å². The predicted octanol–water partition coefficient (Wildman–Crippen LogP) is 3.79. The van der Waals surface area contributed by atoms with Crippen molar-refractivity contribution >= 4 is 28.7 Å². The molecule has 0 atom stereocenters. The molecule has 0 aliphatic carbocycles. The zero-order valence-corrected chi connectivity index (χ0v) is 9.69. The average molecular weight is 241 g/mol. The summed E-state index contributed by atoms with van der Waals surface area (Å²) >= 11 is 7.22. The van der Waals surface area contributed by atoms with Gasteiger partial charge in [0, 0.05) is 6.42 Å². The molecule has 0 amide bonds. The topological polar surface area (TPSA) is 30.2 Å². The molecule has 0 saturated heterocycles. The molecule has 2 nitrogen and oxygen atoms in total. The van der Waals surface area contributed by atoms with E-state index in [1.807, 2.05) is 13.0 Å². The van der Waals surface area contributed by atoms with Crippen LogP contribution >= 0.6 is 22.9 Å². The Morgan fingerprint density at radius 3 is 2.80 bits per heavy atom. The van der Waals surface area contributed by atoms with E-state index in [-0.39, 0.29) is 5.78 Å². The second-order valence-electron chi connectivity index (χ2n) is 3.06. The molecule has 2 rings (SSSR count). The summed E-state index contributed by atoms with van der Waals surface area (Å²) in [7, 11) is 0. The summed E-state index contributed by atoms with van der Waals surface area (Å²) in [6.45, 7) is 1.98. The molecule has 0 radical (unpaired) electrons. The van der Waals surface area contributed by atoms with Crippen molar-refractivity contribution in [2.75, 3.05) is 0 Å². The van der Waals surface area contributed by atoms with E-state index in [1.165, 1.54) is 11.3 Å². The maximum absolute atomic E-state index is 11.9. The van der Waals surface area contributed by atoms with E-state index in [4.69, 9.17) is 16.0 Å². The van der Waals surface area contributed by atoms with Gasteiger partial charge in [-0.25, -0.2) is 0 Å². The van der Waals surface area contributed by atoms with Crippen LogP contribution in [0.4, 0.5) is 0 Å². The lowest BCUT2D eigenvalue weighted by molar-refractivity contribution is 0.101. The monoisotopic (exact) mass is 240 g/mol. The maximum Gasteiger partial charge on any atom is 0.230 e. The third kappa shape index (κ3) is 1.98. The minimum atomic E-state index is -0.152. The fourth-order valence-corrected chi connectivity index (χ4v) is 2.19. The second-order valence-corrected chi connectivity index (χ2v) is 4.57. The average Bonchev–Trinajstić information content (AvgIpc) is 2.84. The first-order valence-corrected chi connectivity index (χ1v) is 5.84. The molecule has 4 heteroatoms. The summed E-state index contributed by atoms with van der Waals surface area (Å²) in [5, 5.41) is 1.79. The van der Waals surface area contributed by atoms with Gasteiger partial charge in [0.05, 0.1) is 5.56 Å². The summed E-state index contributed by atoms with van der Waals surface area (Å²) < 4.78 is 5.88. The minimum Gasteiger partial charge on any atom is -0.458 e. The molecule has 15 heavy (non-hydrogen) atoms. The Balaban J connectivity index is 2.32. The first-order chi connectivity index (χ1) is 7.22. The van der Waals surface area contributed by atoms with Crippen molar-refractivity contribution in [1.82, 2.24) is 0 Å². The molecule has 0 fully saturated rings. The molecule has 2 aromatic heterocycles. The highest BCUT2D eigenvalue weighted by atomic mass is 35.5. The number of hydrogen-bond acceptors (Lipinski definition) is 3. The van der Waals surface area contributed by atoms with Crippen molar-refractivity contribution in [3.63, 3.8) is 0 Å². The number of halogens is 1. The van der Waals surface area contributed by atoms with Crippen LogP contribution in [0.3, 0.4) is 0 Å². The van der Waals surface area contributed by atoms with E-state index < -0.39 is 0 Å². The molecule has 0 bridgehead atoms. The fourth-order valence-electron chi connectivity index (χ4n) is 1.28. The van der Waals surface area contributed by atoms with E-state index >= 15 is 0 Å². The van der Waals surface area contributed by atoms with E-state index in [1.54, 1.807) is 17.5 Å². The van der Waals surface area contributed by atoms with Gasteiger partial charge in [-0.3, -0.25) is 4.79 Å². The van der Waals surface area contributed by atoms with Gasteiger partial charge in [0.25, 0.3) is 0 Å². The first-order valence-electron chi connectivity index (χ1n) is 4.58. The van der Waals surface area contributed by atoms with Crippen molar-refractivity contribution in [2.24, 2.45) is 0 Å². The zero-order valence-electron chi connectivity index (χ0n) is 8.12. The summed E-state index contributed by atoms with van der Waals surface area (Å²) in [6, 6.07) is 5.21. The standard InChI is InChI=1S/C11H9ClO2S/c1-2-7-3-4-9(14-7)10(13)8-5-6-15-11(8)12/h3-6H,2H2,1H3. The molecular weight excluding hydrogens is 232 g/mol. The highest BCUT2D eigenvalue weighted by Crippen LogP contribution is 2.25. The van der Waals surface area contributed by atoms with Crippen molar-refractivity contribution in [1.29, 1.82) is 0 Å². The van der Waals surface area contributed by atoms with E-state index in [2.05, 4.69) is 0 Å². The lowest BCUT2D eigenvalue weighted by Gasteiger charge is -1.94. The lowest BCUT2D eigenvalue weighted by atomic mass is 10.2. The number of carbonyl (C=O) groups excluding carboxylic acids is 1. The van der Waals surface area contributed by atoms with Crippen molar-refractivity contribution in [3.8, 4) is 0 Å². The number of rotatable bonds is 3. The van der Waals surface area contributed by atoms with Gasteiger partial charge in [-0.1, -0.05) is 18.5 Å². The molecule has 0 unspecified atom stereocenters. The van der Waals surface area contributed by atoms with Crippen LogP contribution in [0, 0.1) is 0 Å². The Hall–Kier alpha value is -1.06. The Morgan fingerprint density at radius 1 is 1.47 bits per heavy atom. The van der Waals surface area contributed by atoms with Gasteiger partial charge in [0.2, 0.25) is 5.78 Å². The molecule has 2 heterocycles. The Morgan fingerprint density at radius 2 is 2.27 bits per heavy atom. The van der Waals surface area contributed by atoms with Crippen molar-refractivity contribution < 1.29 is 9.21 Å². The summed E-state index contributed by atoms with van der Waals surface area (Å²) in [6.07, 6.45) is 0.782. The van der Waals surface area contributed by atoms with Crippen LogP contribution in [0.25, 0.3) is 0 Å². The first kappa shape index (κ1) is 10.5. The van der Waals surface area contributed by atoms with Gasteiger partial charge in [-0.05, 0) is 23.6 Å². The van der Waals surface area contributed by atoms with E-state index in [0.717, 1.165) is 12.2 Å². The number of hydrogen-bond donors (Lipinski definition) is 0. The molecule has 0 N–H and O–H groups in total. The van der Waals surface area contributed by atoms with Gasteiger partial charge in [0.15, 0.2) is 5.76 Å². The number of furan rings is 1. The third-order valence-electron chi connectivity index (χ3n) is 2.10. The normalized spacial score (nSPS) is 10.5. The van der Waals surface area contributed by atoms with Gasteiger partial charge in [0.1, 0.15) is 10.1 Å². The highest BCUT2D eigenvalue weighted by molar-refractivity contribution is 7.14. The molecule has 0 aliphatic rings. The fraction of sp³-hybridized carbons (Fsp3) is 0.182. The lowest BCUT2D eigenvalue weighted by Crippen LogP contribution is -1.97. The van der Waals surface area contributed by atoms with Crippen LogP contribution < -0.4 is 0 Å². The summed E-state index contributed by atoms with van der Waals surface area (Å²) in [5.41, 5.74) is 0.513. The number of aryl methyl sites for hydroxylation is 1. The molecular formula is C11H9ClO2S. The van der Waals surface area contributed by atoms with Gasteiger partial charge in [-0.15, -0.1) is 11.3 Å². The predicted molar refractivity (Wildman–Crippen MR) is 60.8 cm³/mol. The molecule has 2 aromatic rings. The SMILES string of the molecule is CCc1ccc(C(=O)c2ccsc2Cl)o1. The van der Waals surface area contributed by atoms with Crippen molar-refractivity contribution in [2.45, 2.75) is 13.3 Å². The van der Waals surface area contributed by atoms with Gasteiger partial charge >= 0.3 is 0 Å². The summed E-state index contributed by atoms with van der Waals surface area (Å²) in [5.74, 6) is 1.01. The van der Waals surface area contributed by atoms with Crippen molar-refractivity contribution in [3.05, 3.63) is 45.0 Å². The quantitative estimate of drug-likeness (QED) is 0.764. The van der Waals surface area contributed by atoms with Crippen LogP contribution in [0.5, 0.6) is 0 Å². The smallest absolute Gasteiger partial charge is 0.230 e. The number of thiophene rings is 1. The molecule has 78 valence electrons. The van der Waals surface area contributed by atoms with Gasteiger partial charge < -0.3 is 4.42 Å². The molecule has 0 aromatic carbocycles. The summed E-state index contributed by atoms with van der Waals surface area (Å²) in [4.78, 5) is 11.9. The zero-order chi connectivity index (χ0) is 10.8.